The summed E-state index contributed by atoms with van der Waals surface area (Å²) in [6, 6.07) is 18.0. The zero-order valence-corrected chi connectivity index (χ0v) is 32.4. The predicted octanol–water partition coefficient (Wildman–Crippen LogP) is 15.0. The Labute approximate surface area is 297 Å². The van der Waals surface area contributed by atoms with E-state index in [9.17, 15) is 5.53 Å². The molecule has 0 saturated heterocycles. The Morgan fingerprint density at radius 3 is 1.30 bits per heavy atom. The zero-order chi connectivity index (χ0) is 34.1. The number of allylic oxidation sites excluding steroid dienone is 2. The monoisotopic (exact) mass is 684 g/mol. The maximum atomic E-state index is 12.0. The fraction of sp³-hybridized carbons (Fsp3) is 0.636. The van der Waals surface area contributed by atoms with Crippen LogP contribution in [0.25, 0.3) is 16.9 Å². The number of hydrogen-bond acceptors (Lipinski definition) is 0. The Bertz CT molecular complexity index is 1200. The zero-order valence-electron chi connectivity index (χ0n) is 31.4. The van der Waals surface area contributed by atoms with Crippen LogP contribution in [-0.4, -0.2) is 4.70 Å². The fourth-order valence-electron chi connectivity index (χ4n) is 6.41. The van der Waals surface area contributed by atoms with Crippen LogP contribution in [0.5, 0.6) is 0 Å². The fourth-order valence-corrected chi connectivity index (χ4v) is 7.35. The molecule has 3 rings (SSSR count). The summed E-state index contributed by atoms with van der Waals surface area (Å²) in [6.07, 6.45) is 24.4. The minimum atomic E-state index is 1.03. The van der Waals surface area contributed by atoms with Gasteiger partial charge in [0, 0.05) is 22.3 Å². The molecule has 0 bridgehead atoms. The van der Waals surface area contributed by atoms with Gasteiger partial charge in [0.1, 0.15) is 0 Å². The second kappa shape index (κ2) is 26.0. The summed E-state index contributed by atoms with van der Waals surface area (Å²) in [5.41, 5.74) is 21.9. The van der Waals surface area contributed by atoms with Crippen molar-refractivity contribution in [2.75, 3.05) is 0 Å². The van der Waals surface area contributed by atoms with E-state index in [4.69, 9.17) is 0 Å². The van der Waals surface area contributed by atoms with Gasteiger partial charge >= 0.3 is 51.9 Å². The van der Waals surface area contributed by atoms with Gasteiger partial charge < -0.3 is 5.53 Å². The molecular formula is C44H70N2Ni. The van der Waals surface area contributed by atoms with Gasteiger partial charge in [-0.15, -0.1) is 0 Å². The maximum absolute atomic E-state index is 12.0. The molecule has 0 radical (unpaired) electrons. The van der Waals surface area contributed by atoms with E-state index < -0.39 is 0 Å². The predicted molar refractivity (Wildman–Crippen MR) is 205 cm³/mol. The van der Waals surface area contributed by atoms with E-state index in [-0.39, 0.29) is 0 Å². The van der Waals surface area contributed by atoms with Gasteiger partial charge in [0.2, 0.25) is 11.4 Å². The Hall–Kier alpha value is -1.99. The van der Waals surface area contributed by atoms with Crippen LogP contribution in [0.4, 0.5) is 0 Å². The SMILES string of the molecule is CCCCCCCCC1=C(c2cccc(CCCC)c2)[N+](=[N-])C(c2cccc(CCCC)c2)=C1CCCCCC.CC[CH2][Ni][CH2]CC. The van der Waals surface area contributed by atoms with Crippen LogP contribution < -0.4 is 0 Å². The molecule has 0 aromatic heterocycles. The van der Waals surface area contributed by atoms with Gasteiger partial charge in [-0.25, -0.2) is 4.70 Å². The van der Waals surface area contributed by atoms with Crippen LogP contribution in [0.2, 0.25) is 10.8 Å². The Morgan fingerprint density at radius 1 is 0.468 bits per heavy atom. The van der Waals surface area contributed by atoms with E-state index in [0.717, 1.165) is 37.1 Å². The molecule has 1 heterocycles. The van der Waals surface area contributed by atoms with Crippen LogP contribution in [0.3, 0.4) is 0 Å². The first-order valence-corrected chi connectivity index (χ1v) is 21.0. The topological polar surface area (TPSA) is 25.3 Å². The quantitative estimate of drug-likeness (QED) is 0.0597. The molecule has 0 saturated carbocycles. The molecule has 47 heavy (non-hydrogen) atoms. The minimum absolute atomic E-state index is 1.03. The van der Waals surface area contributed by atoms with Crippen LogP contribution in [-0.2, 0) is 27.3 Å². The first kappa shape index (κ1) is 41.2. The van der Waals surface area contributed by atoms with Crippen molar-refractivity contribution in [3.63, 3.8) is 0 Å². The molecule has 1 aliphatic heterocycles. The summed E-state index contributed by atoms with van der Waals surface area (Å²) in [6.45, 7) is 13.5. The van der Waals surface area contributed by atoms with E-state index in [1.54, 1.807) is 4.70 Å². The average molecular weight is 686 g/mol. The molecule has 0 spiro atoms. The van der Waals surface area contributed by atoms with E-state index in [2.05, 4.69) is 90.1 Å². The van der Waals surface area contributed by atoms with Crippen molar-refractivity contribution in [2.24, 2.45) is 0 Å². The van der Waals surface area contributed by atoms with Crippen molar-refractivity contribution in [2.45, 2.75) is 181 Å². The summed E-state index contributed by atoms with van der Waals surface area (Å²) in [4.78, 5) is 0. The molecular weight excluding hydrogens is 615 g/mol. The van der Waals surface area contributed by atoms with Crippen LogP contribution in [0.15, 0.2) is 59.7 Å². The summed E-state index contributed by atoms with van der Waals surface area (Å²) < 4.78 is 1.58. The molecule has 0 atom stereocenters. The van der Waals surface area contributed by atoms with E-state index in [0.29, 0.717) is 0 Å². The van der Waals surface area contributed by atoms with Crippen molar-refractivity contribution >= 4 is 11.4 Å². The normalized spacial score (nSPS) is 13.1. The average Bonchev–Trinajstić information content (AvgIpc) is 3.37. The van der Waals surface area contributed by atoms with Gasteiger partial charge in [0.15, 0.2) is 0 Å². The number of aryl methyl sites for hydroxylation is 2. The molecule has 266 valence electrons. The molecule has 0 unspecified atom stereocenters. The first-order valence-electron chi connectivity index (χ1n) is 19.6. The Kier molecular flexibility index (Phi) is 22.7. The molecule has 2 aromatic rings. The van der Waals surface area contributed by atoms with Crippen molar-refractivity contribution in [1.29, 1.82) is 0 Å². The molecule has 0 N–H and O–H groups in total. The van der Waals surface area contributed by atoms with E-state index in [1.165, 1.54) is 147 Å². The molecule has 1 aliphatic rings. The van der Waals surface area contributed by atoms with Crippen molar-refractivity contribution in [3.8, 4) is 0 Å². The van der Waals surface area contributed by atoms with Gasteiger partial charge in [-0.3, -0.25) is 0 Å². The third-order valence-electron chi connectivity index (χ3n) is 9.00. The second-order valence-corrected chi connectivity index (χ2v) is 14.9. The van der Waals surface area contributed by atoms with E-state index >= 15 is 0 Å². The van der Waals surface area contributed by atoms with Gasteiger partial charge in [-0.1, -0.05) is 116 Å². The van der Waals surface area contributed by atoms with Gasteiger partial charge in [0.05, 0.1) is 0 Å². The molecule has 3 heteroatoms. The second-order valence-electron chi connectivity index (χ2n) is 13.4. The number of rotatable bonds is 24. The van der Waals surface area contributed by atoms with Gasteiger partial charge in [-0.2, -0.15) is 0 Å². The number of unbranched alkanes of at least 4 members (excludes halogenated alkanes) is 10. The van der Waals surface area contributed by atoms with Gasteiger partial charge in [-0.05, 0) is 86.8 Å². The molecule has 0 aliphatic carbocycles. The number of nitrogens with zero attached hydrogens (tertiary/aromatic N) is 2. The first-order chi connectivity index (χ1) is 23.1. The Morgan fingerprint density at radius 2 is 0.872 bits per heavy atom. The third-order valence-corrected chi connectivity index (χ3v) is 10.7. The van der Waals surface area contributed by atoms with Gasteiger partial charge in [0.25, 0.3) is 0 Å². The third kappa shape index (κ3) is 15.0. The molecule has 0 fully saturated rings. The van der Waals surface area contributed by atoms with Crippen LogP contribution >= 0.6 is 0 Å². The van der Waals surface area contributed by atoms with Crippen molar-refractivity contribution < 1.29 is 19.1 Å². The van der Waals surface area contributed by atoms with Crippen LogP contribution in [0.1, 0.15) is 179 Å². The summed E-state index contributed by atoms with van der Waals surface area (Å²) >= 11 is 1.90. The Balaban J connectivity index is 0.000000984. The molecule has 0 amide bonds. The molecule has 2 nitrogen and oxygen atoms in total. The van der Waals surface area contributed by atoms with Crippen molar-refractivity contribution in [1.82, 2.24) is 0 Å². The van der Waals surface area contributed by atoms with E-state index in [1.807, 2.05) is 14.4 Å². The van der Waals surface area contributed by atoms with Crippen molar-refractivity contribution in [3.05, 3.63) is 87.5 Å². The number of hydrogen-bond donors (Lipinski definition) is 0. The summed E-state index contributed by atoms with van der Waals surface area (Å²) in [7, 11) is 0. The number of benzene rings is 2. The molecule has 2 aromatic carbocycles. The van der Waals surface area contributed by atoms with Crippen LogP contribution in [0, 0.1) is 0 Å². The summed E-state index contributed by atoms with van der Waals surface area (Å²) in [5.74, 6) is 0. The summed E-state index contributed by atoms with van der Waals surface area (Å²) in [5, 5.41) is 2.72. The standard InChI is InChI=1S/C38H56N2.2C3H7.Ni/c1-5-9-13-15-16-18-28-36-35(27-17-14-10-6-2)37(33-25-19-23-31(29-33)21-11-7-3)40(39)38(36)34-26-20-24-32(30-34)22-12-8-4;2*1-3-2;/h19-20,23-26,29-30H,5-18,21-22,27-28H2,1-4H3;2*1,3H2,2H3;.